The van der Waals surface area contributed by atoms with Gasteiger partial charge in [-0.2, -0.15) is 0 Å². The molecule has 1 N–H and O–H groups in total. The number of rotatable bonds is 5. The van der Waals surface area contributed by atoms with E-state index in [0.717, 1.165) is 16.5 Å². The molecule has 1 aromatic heterocycles. The minimum absolute atomic E-state index is 0.479. The van der Waals surface area contributed by atoms with Gasteiger partial charge in [-0.25, -0.2) is 0 Å². The minimum Gasteiger partial charge on any atom is -0.490 e. The number of pyridine rings is 1. The highest BCUT2D eigenvalue weighted by molar-refractivity contribution is 5.80. The SMILES string of the molecule is COCCOc1cnc2ccc([C@@H](C)O)cc2c1. The number of fused-ring (bicyclic) bond motifs is 1. The van der Waals surface area contributed by atoms with Gasteiger partial charge < -0.3 is 14.6 Å². The quantitative estimate of drug-likeness (QED) is 0.824. The number of ether oxygens (including phenoxy) is 2. The highest BCUT2D eigenvalue weighted by Crippen LogP contribution is 2.22. The molecule has 0 spiro atoms. The molecule has 18 heavy (non-hydrogen) atoms. The molecule has 0 aliphatic rings. The highest BCUT2D eigenvalue weighted by atomic mass is 16.5. The van der Waals surface area contributed by atoms with Gasteiger partial charge >= 0.3 is 0 Å². The van der Waals surface area contributed by atoms with Crippen molar-refractivity contribution in [2.45, 2.75) is 13.0 Å². The number of aliphatic hydroxyl groups is 1. The van der Waals surface area contributed by atoms with Gasteiger partial charge in [0, 0.05) is 12.5 Å². The van der Waals surface area contributed by atoms with Crippen LogP contribution >= 0.6 is 0 Å². The first-order valence-electron chi connectivity index (χ1n) is 5.90. The van der Waals surface area contributed by atoms with Gasteiger partial charge in [0.25, 0.3) is 0 Å². The zero-order chi connectivity index (χ0) is 13.0. The maximum Gasteiger partial charge on any atom is 0.138 e. The third kappa shape index (κ3) is 2.97. The van der Waals surface area contributed by atoms with E-state index in [2.05, 4.69) is 4.98 Å². The zero-order valence-electron chi connectivity index (χ0n) is 10.6. The topological polar surface area (TPSA) is 51.6 Å². The number of hydrogen-bond acceptors (Lipinski definition) is 4. The van der Waals surface area contributed by atoms with Crippen molar-refractivity contribution in [1.82, 2.24) is 4.98 Å². The molecule has 4 nitrogen and oxygen atoms in total. The van der Waals surface area contributed by atoms with Crippen LogP contribution in [0.2, 0.25) is 0 Å². The van der Waals surface area contributed by atoms with Crippen LogP contribution in [0.4, 0.5) is 0 Å². The summed E-state index contributed by atoms with van der Waals surface area (Å²) in [5.74, 6) is 0.710. The first-order valence-corrected chi connectivity index (χ1v) is 5.90. The maximum absolute atomic E-state index is 9.56. The van der Waals surface area contributed by atoms with Crippen LogP contribution in [0, 0.1) is 0 Å². The molecule has 0 aliphatic carbocycles. The van der Waals surface area contributed by atoms with Crippen molar-refractivity contribution in [2.75, 3.05) is 20.3 Å². The van der Waals surface area contributed by atoms with Gasteiger partial charge in [-0.05, 0) is 30.7 Å². The number of nitrogens with zero attached hydrogens (tertiary/aromatic N) is 1. The highest BCUT2D eigenvalue weighted by Gasteiger charge is 2.04. The van der Waals surface area contributed by atoms with Crippen LogP contribution in [0.15, 0.2) is 30.5 Å². The zero-order valence-corrected chi connectivity index (χ0v) is 10.6. The molecule has 0 saturated heterocycles. The van der Waals surface area contributed by atoms with Crippen LogP contribution in [0.25, 0.3) is 10.9 Å². The van der Waals surface area contributed by atoms with E-state index in [1.807, 2.05) is 24.3 Å². The second-order valence-corrected chi connectivity index (χ2v) is 4.14. The van der Waals surface area contributed by atoms with Crippen molar-refractivity contribution in [2.24, 2.45) is 0 Å². The van der Waals surface area contributed by atoms with Gasteiger partial charge in [-0.15, -0.1) is 0 Å². The van der Waals surface area contributed by atoms with Crippen LogP contribution in [0.3, 0.4) is 0 Å². The molecular weight excluding hydrogens is 230 g/mol. The summed E-state index contributed by atoms with van der Waals surface area (Å²) in [6, 6.07) is 7.63. The number of aliphatic hydroxyl groups excluding tert-OH is 1. The Morgan fingerprint density at radius 3 is 2.83 bits per heavy atom. The molecule has 4 heteroatoms. The van der Waals surface area contributed by atoms with Crippen LogP contribution < -0.4 is 4.74 Å². The Hall–Kier alpha value is -1.65. The number of hydrogen-bond donors (Lipinski definition) is 1. The lowest BCUT2D eigenvalue weighted by Crippen LogP contribution is -2.04. The second-order valence-electron chi connectivity index (χ2n) is 4.14. The number of benzene rings is 1. The predicted octanol–water partition coefficient (Wildman–Crippen LogP) is 2.31. The molecule has 0 aliphatic heterocycles. The molecule has 0 fully saturated rings. The lowest BCUT2D eigenvalue weighted by Gasteiger charge is -2.08. The molecule has 1 heterocycles. The molecule has 0 radical (unpaired) electrons. The molecule has 0 saturated carbocycles. The van der Waals surface area contributed by atoms with E-state index in [4.69, 9.17) is 9.47 Å². The van der Waals surface area contributed by atoms with E-state index in [-0.39, 0.29) is 0 Å². The van der Waals surface area contributed by atoms with Crippen molar-refractivity contribution in [3.8, 4) is 5.75 Å². The van der Waals surface area contributed by atoms with Gasteiger partial charge in [0.1, 0.15) is 12.4 Å². The molecule has 1 aromatic carbocycles. The summed E-state index contributed by atoms with van der Waals surface area (Å²) >= 11 is 0. The summed E-state index contributed by atoms with van der Waals surface area (Å²) in [5, 5.41) is 10.5. The standard InChI is InChI=1S/C14H17NO3/c1-10(16)11-3-4-14-12(7-11)8-13(9-15-14)18-6-5-17-2/h3-4,7-10,16H,5-6H2,1-2H3/t10-/m1/s1. The molecule has 1 atom stereocenters. The Bertz CT molecular complexity index is 525. The van der Waals surface area contributed by atoms with Gasteiger partial charge in [0.15, 0.2) is 0 Å². The summed E-state index contributed by atoms with van der Waals surface area (Å²) < 4.78 is 10.4. The van der Waals surface area contributed by atoms with Crippen LogP contribution in [0.5, 0.6) is 5.75 Å². The third-order valence-electron chi connectivity index (χ3n) is 2.72. The summed E-state index contributed by atoms with van der Waals surface area (Å²) in [6.07, 6.45) is 1.22. The van der Waals surface area contributed by atoms with Crippen molar-refractivity contribution in [1.29, 1.82) is 0 Å². The largest absolute Gasteiger partial charge is 0.490 e. The fraction of sp³-hybridized carbons (Fsp3) is 0.357. The fourth-order valence-corrected chi connectivity index (χ4v) is 1.71. The normalized spacial score (nSPS) is 12.6. The van der Waals surface area contributed by atoms with Crippen LogP contribution in [0.1, 0.15) is 18.6 Å². The van der Waals surface area contributed by atoms with Gasteiger partial charge in [-0.1, -0.05) is 6.07 Å². The van der Waals surface area contributed by atoms with E-state index in [1.165, 1.54) is 0 Å². The molecule has 0 unspecified atom stereocenters. The molecule has 2 aromatic rings. The van der Waals surface area contributed by atoms with Crippen LogP contribution in [-0.2, 0) is 4.74 Å². The van der Waals surface area contributed by atoms with E-state index >= 15 is 0 Å². The third-order valence-corrected chi connectivity index (χ3v) is 2.72. The summed E-state index contributed by atoms with van der Waals surface area (Å²) in [7, 11) is 1.64. The summed E-state index contributed by atoms with van der Waals surface area (Å²) in [5.41, 5.74) is 1.76. The van der Waals surface area contributed by atoms with Gasteiger partial charge in [0.2, 0.25) is 0 Å². The van der Waals surface area contributed by atoms with E-state index in [1.54, 1.807) is 20.2 Å². The Kier molecular flexibility index (Phi) is 4.12. The van der Waals surface area contributed by atoms with Crippen molar-refractivity contribution in [3.63, 3.8) is 0 Å². The van der Waals surface area contributed by atoms with Gasteiger partial charge in [0.05, 0.1) is 24.4 Å². The first kappa shape index (κ1) is 12.8. The smallest absolute Gasteiger partial charge is 0.138 e. The number of methoxy groups -OCH3 is 1. The van der Waals surface area contributed by atoms with Crippen molar-refractivity contribution in [3.05, 3.63) is 36.0 Å². The van der Waals surface area contributed by atoms with E-state index in [9.17, 15) is 5.11 Å². The average molecular weight is 247 g/mol. The Labute approximate surface area is 106 Å². The van der Waals surface area contributed by atoms with Crippen molar-refractivity contribution >= 4 is 10.9 Å². The molecule has 0 bridgehead atoms. The van der Waals surface area contributed by atoms with E-state index in [0.29, 0.717) is 19.0 Å². The fourth-order valence-electron chi connectivity index (χ4n) is 1.71. The van der Waals surface area contributed by atoms with Crippen LogP contribution in [-0.4, -0.2) is 30.4 Å². The van der Waals surface area contributed by atoms with Crippen molar-refractivity contribution < 1.29 is 14.6 Å². The molecular formula is C14H17NO3. The molecule has 96 valence electrons. The molecule has 2 rings (SSSR count). The Morgan fingerprint density at radius 2 is 2.11 bits per heavy atom. The average Bonchev–Trinajstić information content (AvgIpc) is 2.38. The number of aromatic nitrogens is 1. The monoisotopic (exact) mass is 247 g/mol. The summed E-state index contributed by atoms with van der Waals surface area (Å²) in [6.45, 7) is 2.79. The summed E-state index contributed by atoms with van der Waals surface area (Å²) in [4.78, 5) is 4.31. The molecule has 0 amide bonds. The Balaban J connectivity index is 2.25. The first-order chi connectivity index (χ1) is 8.70. The second kappa shape index (κ2) is 5.80. The lowest BCUT2D eigenvalue weighted by atomic mass is 10.1. The lowest BCUT2D eigenvalue weighted by molar-refractivity contribution is 0.146. The maximum atomic E-state index is 9.56. The predicted molar refractivity (Wildman–Crippen MR) is 69.7 cm³/mol. The van der Waals surface area contributed by atoms with Gasteiger partial charge in [-0.3, -0.25) is 4.98 Å². The minimum atomic E-state index is -0.479. The Morgan fingerprint density at radius 1 is 1.28 bits per heavy atom. The van der Waals surface area contributed by atoms with E-state index < -0.39 is 6.10 Å².